The van der Waals surface area contributed by atoms with Gasteiger partial charge in [-0.05, 0) is 36.2 Å². The Morgan fingerprint density at radius 2 is 1.79 bits per heavy atom. The van der Waals surface area contributed by atoms with Gasteiger partial charge in [-0.1, -0.05) is 31.2 Å². The molecule has 0 radical (unpaired) electrons. The highest BCUT2D eigenvalue weighted by Crippen LogP contribution is 2.15. The number of benzene rings is 2. The number of rotatable bonds is 6. The summed E-state index contributed by atoms with van der Waals surface area (Å²) in [6.45, 7) is 3.20. The molecule has 0 spiro atoms. The van der Waals surface area contributed by atoms with E-state index in [4.69, 9.17) is 4.74 Å². The average molecular weight is 259 g/mol. The van der Waals surface area contributed by atoms with Gasteiger partial charge in [0, 0.05) is 12.2 Å². The van der Waals surface area contributed by atoms with Crippen molar-refractivity contribution in [3.05, 3.63) is 59.9 Å². The Labute approximate surface area is 113 Å². The molecule has 0 aliphatic heterocycles. The lowest BCUT2D eigenvalue weighted by Gasteiger charge is -2.09. The van der Waals surface area contributed by atoms with Gasteiger partial charge in [-0.15, -0.1) is 0 Å². The van der Waals surface area contributed by atoms with E-state index >= 15 is 0 Å². The van der Waals surface area contributed by atoms with Crippen LogP contribution in [0.5, 0.6) is 5.75 Å². The summed E-state index contributed by atoms with van der Waals surface area (Å²) in [6, 6.07) is 14.7. The Bertz CT molecular complexity index is 510. The molecule has 1 N–H and O–H groups in total. The summed E-state index contributed by atoms with van der Waals surface area (Å²) in [6.07, 6.45) is 1.04. The Balaban J connectivity index is 1.76. The molecule has 0 aliphatic carbocycles. The molecular formula is C16H18FNO. The van der Waals surface area contributed by atoms with Crippen molar-refractivity contribution in [2.75, 3.05) is 18.5 Å². The van der Waals surface area contributed by atoms with Crippen molar-refractivity contribution >= 4 is 5.69 Å². The van der Waals surface area contributed by atoms with E-state index in [0.717, 1.165) is 12.1 Å². The first kappa shape index (κ1) is 13.4. The van der Waals surface area contributed by atoms with Crippen molar-refractivity contribution in [1.29, 1.82) is 0 Å². The molecular weight excluding hydrogens is 241 g/mol. The second-order valence-electron chi connectivity index (χ2n) is 4.26. The summed E-state index contributed by atoms with van der Waals surface area (Å²) in [5.74, 6) is -0.0274. The fraction of sp³-hybridized carbons (Fsp3) is 0.250. The summed E-state index contributed by atoms with van der Waals surface area (Å²) in [4.78, 5) is 0. The van der Waals surface area contributed by atoms with Crippen LogP contribution in [0, 0.1) is 5.82 Å². The van der Waals surface area contributed by atoms with Crippen LogP contribution in [-0.2, 0) is 6.42 Å². The van der Waals surface area contributed by atoms with Crippen LogP contribution in [0.15, 0.2) is 48.5 Å². The SMILES string of the molecule is CCc1ccc(NCCOc2ccccc2F)cc1. The number of ether oxygens (including phenoxy) is 1. The molecule has 0 fully saturated rings. The molecule has 0 saturated carbocycles. The minimum Gasteiger partial charge on any atom is -0.489 e. The molecule has 2 rings (SSSR count). The minimum absolute atomic E-state index is 0.297. The fourth-order valence-electron chi connectivity index (χ4n) is 1.78. The highest BCUT2D eigenvalue weighted by atomic mass is 19.1. The molecule has 2 nitrogen and oxygen atoms in total. The summed E-state index contributed by atoms with van der Waals surface area (Å²) >= 11 is 0. The summed E-state index contributed by atoms with van der Waals surface area (Å²) in [7, 11) is 0. The third kappa shape index (κ3) is 3.98. The summed E-state index contributed by atoms with van der Waals surface area (Å²) < 4.78 is 18.6. The summed E-state index contributed by atoms with van der Waals surface area (Å²) in [5.41, 5.74) is 2.36. The molecule has 0 aliphatic rings. The normalized spacial score (nSPS) is 10.2. The van der Waals surface area contributed by atoms with E-state index in [1.807, 2.05) is 12.1 Å². The Morgan fingerprint density at radius 3 is 2.47 bits per heavy atom. The molecule has 0 heterocycles. The molecule has 3 heteroatoms. The van der Waals surface area contributed by atoms with E-state index in [1.165, 1.54) is 11.6 Å². The maximum atomic E-state index is 13.3. The Hall–Kier alpha value is -2.03. The second kappa shape index (κ2) is 6.78. The second-order valence-corrected chi connectivity index (χ2v) is 4.26. The van der Waals surface area contributed by atoms with Gasteiger partial charge in [0.2, 0.25) is 0 Å². The van der Waals surface area contributed by atoms with E-state index in [2.05, 4.69) is 24.4 Å². The van der Waals surface area contributed by atoms with Crippen LogP contribution in [0.25, 0.3) is 0 Å². The van der Waals surface area contributed by atoms with Gasteiger partial charge in [0.05, 0.1) is 0 Å². The van der Waals surface area contributed by atoms with Crippen LogP contribution < -0.4 is 10.1 Å². The number of anilines is 1. The van der Waals surface area contributed by atoms with Gasteiger partial charge < -0.3 is 10.1 Å². The number of para-hydroxylation sites is 1. The van der Waals surface area contributed by atoms with Crippen molar-refractivity contribution in [2.45, 2.75) is 13.3 Å². The average Bonchev–Trinajstić information content (AvgIpc) is 2.46. The number of aryl methyl sites for hydroxylation is 1. The van der Waals surface area contributed by atoms with Gasteiger partial charge in [0.1, 0.15) is 6.61 Å². The van der Waals surface area contributed by atoms with Gasteiger partial charge in [-0.2, -0.15) is 0 Å². The predicted octanol–water partition coefficient (Wildman–Crippen LogP) is 3.88. The van der Waals surface area contributed by atoms with E-state index in [1.54, 1.807) is 18.2 Å². The van der Waals surface area contributed by atoms with Gasteiger partial charge in [0.25, 0.3) is 0 Å². The molecule has 0 amide bonds. The first-order valence-corrected chi connectivity index (χ1v) is 6.49. The standard InChI is InChI=1S/C16H18FNO/c1-2-13-7-9-14(10-8-13)18-11-12-19-16-6-4-3-5-15(16)17/h3-10,18H,2,11-12H2,1H3. The van der Waals surface area contributed by atoms with Crippen molar-refractivity contribution in [2.24, 2.45) is 0 Å². The molecule has 2 aromatic carbocycles. The topological polar surface area (TPSA) is 21.3 Å². The van der Waals surface area contributed by atoms with Crippen molar-refractivity contribution in [1.82, 2.24) is 0 Å². The Morgan fingerprint density at radius 1 is 1.05 bits per heavy atom. The Kier molecular flexibility index (Phi) is 4.78. The number of hydrogen-bond acceptors (Lipinski definition) is 2. The van der Waals surface area contributed by atoms with Crippen molar-refractivity contribution in [3.8, 4) is 5.75 Å². The lowest BCUT2D eigenvalue weighted by molar-refractivity contribution is 0.315. The third-order valence-corrected chi connectivity index (χ3v) is 2.89. The zero-order valence-electron chi connectivity index (χ0n) is 11.0. The number of nitrogens with one attached hydrogen (secondary N) is 1. The quantitative estimate of drug-likeness (QED) is 0.795. The molecule has 0 saturated heterocycles. The molecule has 0 unspecified atom stereocenters. The van der Waals surface area contributed by atoms with Crippen molar-refractivity contribution in [3.63, 3.8) is 0 Å². The van der Waals surface area contributed by atoms with Crippen LogP contribution in [0.1, 0.15) is 12.5 Å². The monoisotopic (exact) mass is 259 g/mol. The van der Waals surface area contributed by atoms with Crippen molar-refractivity contribution < 1.29 is 9.13 Å². The molecule has 0 bridgehead atoms. The molecule has 0 atom stereocenters. The highest BCUT2D eigenvalue weighted by molar-refractivity contribution is 5.44. The lowest BCUT2D eigenvalue weighted by Crippen LogP contribution is -2.11. The van der Waals surface area contributed by atoms with E-state index in [9.17, 15) is 4.39 Å². The number of hydrogen-bond donors (Lipinski definition) is 1. The van der Waals surface area contributed by atoms with E-state index < -0.39 is 0 Å². The molecule has 2 aromatic rings. The van der Waals surface area contributed by atoms with Gasteiger partial charge >= 0.3 is 0 Å². The first-order chi connectivity index (χ1) is 9.29. The zero-order valence-corrected chi connectivity index (χ0v) is 11.0. The number of halogens is 1. The molecule has 19 heavy (non-hydrogen) atoms. The summed E-state index contributed by atoms with van der Waals surface area (Å²) in [5, 5.41) is 3.24. The van der Waals surface area contributed by atoms with E-state index in [-0.39, 0.29) is 5.82 Å². The van der Waals surface area contributed by atoms with Crippen LogP contribution in [0.2, 0.25) is 0 Å². The molecule has 100 valence electrons. The van der Waals surface area contributed by atoms with Crippen LogP contribution in [-0.4, -0.2) is 13.2 Å². The van der Waals surface area contributed by atoms with Gasteiger partial charge in [-0.3, -0.25) is 0 Å². The molecule has 0 aromatic heterocycles. The van der Waals surface area contributed by atoms with E-state index in [0.29, 0.717) is 18.9 Å². The first-order valence-electron chi connectivity index (χ1n) is 6.49. The smallest absolute Gasteiger partial charge is 0.165 e. The van der Waals surface area contributed by atoms with Gasteiger partial charge in [-0.25, -0.2) is 4.39 Å². The van der Waals surface area contributed by atoms with Crippen LogP contribution >= 0.6 is 0 Å². The fourth-order valence-corrected chi connectivity index (χ4v) is 1.78. The third-order valence-electron chi connectivity index (χ3n) is 2.89. The van der Waals surface area contributed by atoms with Crippen LogP contribution in [0.4, 0.5) is 10.1 Å². The van der Waals surface area contributed by atoms with Gasteiger partial charge in [0.15, 0.2) is 11.6 Å². The largest absolute Gasteiger partial charge is 0.489 e. The highest BCUT2D eigenvalue weighted by Gasteiger charge is 2.00. The lowest BCUT2D eigenvalue weighted by atomic mass is 10.1. The minimum atomic E-state index is -0.324. The maximum Gasteiger partial charge on any atom is 0.165 e. The zero-order chi connectivity index (χ0) is 13.5. The maximum absolute atomic E-state index is 13.3. The van der Waals surface area contributed by atoms with Crippen LogP contribution in [0.3, 0.4) is 0 Å². The predicted molar refractivity (Wildman–Crippen MR) is 76.2 cm³/mol.